The van der Waals surface area contributed by atoms with Gasteiger partial charge in [-0.25, -0.2) is 0 Å². The molecule has 6 nitrogen and oxygen atoms in total. The van der Waals surface area contributed by atoms with Gasteiger partial charge in [0.2, 0.25) is 7.37 Å². The maximum atomic E-state index is 10.0. The first-order valence-corrected chi connectivity index (χ1v) is 7.62. The highest BCUT2D eigenvalue weighted by Crippen LogP contribution is 2.23. The van der Waals surface area contributed by atoms with E-state index in [1.54, 1.807) is 0 Å². The number of hydrogen-bond donors (Lipinski definition) is 2. The Morgan fingerprint density at radius 2 is 2.10 bits per heavy atom. The molecule has 0 aliphatic carbocycles. The summed E-state index contributed by atoms with van der Waals surface area (Å²) in [7, 11) is 4.44. The van der Waals surface area contributed by atoms with Crippen molar-refractivity contribution >= 4 is 23.0 Å². The van der Waals surface area contributed by atoms with Gasteiger partial charge < -0.3 is 29.1 Å². The van der Waals surface area contributed by atoms with Crippen LogP contribution in [0.4, 0.5) is 0 Å². The quantitative estimate of drug-likeness (QED) is 0.447. The molecule has 1 fully saturated rings. The molecule has 120 valence electrons. The van der Waals surface area contributed by atoms with E-state index in [2.05, 4.69) is 0 Å². The van der Waals surface area contributed by atoms with Gasteiger partial charge in [0.15, 0.2) is 0 Å². The van der Waals surface area contributed by atoms with Crippen molar-refractivity contribution in [2.45, 2.75) is 56.8 Å². The van der Waals surface area contributed by atoms with Crippen LogP contribution in [0.3, 0.4) is 0 Å². The van der Waals surface area contributed by atoms with E-state index in [4.69, 9.17) is 24.0 Å². The van der Waals surface area contributed by atoms with Gasteiger partial charge in [-0.15, -0.1) is 0 Å². The van der Waals surface area contributed by atoms with Gasteiger partial charge in [0.1, 0.15) is 33.9 Å². The first kappa shape index (κ1) is 19.0. The number of ether oxygens (including phenoxy) is 3. The average molecular weight is 300 g/mol. The van der Waals surface area contributed by atoms with Crippen molar-refractivity contribution in [2.75, 3.05) is 19.8 Å². The number of rotatable bonds is 9. The predicted octanol–water partition coefficient (Wildman–Crippen LogP) is -2.82. The zero-order valence-electron chi connectivity index (χ0n) is 13.7. The van der Waals surface area contributed by atoms with Crippen LogP contribution < -0.4 is 0 Å². The second kappa shape index (κ2) is 8.55. The topological polar surface area (TPSA) is 77.4 Å². The molecule has 0 spiro atoms. The lowest BCUT2D eigenvalue weighted by molar-refractivity contribution is -0.122. The molecule has 5 unspecified atom stereocenters. The van der Waals surface area contributed by atoms with Crippen LogP contribution in [0.15, 0.2) is 0 Å². The minimum absolute atomic E-state index is 0.0346. The van der Waals surface area contributed by atoms with Crippen molar-refractivity contribution in [1.29, 1.82) is 0 Å². The van der Waals surface area contributed by atoms with Crippen molar-refractivity contribution in [3.05, 3.63) is 0 Å². The Hall–Kier alpha value is -0.0452. The van der Waals surface area contributed by atoms with Gasteiger partial charge in [0, 0.05) is 0 Å². The molecule has 1 aliphatic rings. The first-order valence-electron chi connectivity index (χ1n) is 7.62. The summed E-state index contributed by atoms with van der Waals surface area (Å²) in [5, 5.41) is 19.1. The van der Waals surface area contributed by atoms with E-state index >= 15 is 0 Å². The molecule has 0 aromatic rings. The molecule has 0 radical (unpaired) electrons. The average Bonchev–Trinajstić information content (AvgIpc) is 2.69. The Kier molecular flexibility index (Phi) is 7.74. The molecular formula is C12H27B3O6. The van der Waals surface area contributed by atoms with Gasteiger partial charge in [-0.1, -0.05) is 0 Å². The Labute approximate surface area is 129 Å². The van der Waals surface area contributed by atoms with Gasteiger partial charge in [-0.3, -0.25) is 0 Å². The molecule has 1 heterocycles. The highest BCUT2D eigenvalue weighted by Gasteiger charge is 2.42. The minimum atomic E-state index is -0.817. The third kappa shape index (κ3) is 5.92. The van der Waals surface area contributed by atoms with E-state index in [1.165, 1.54) is 0 Å². The van der Waals surface area contributed by atoms with Crippen LogP contribution in [-0.4, -0.2) is 89.0 Å². The third-order valence-corrected chi connectivity index (χ3v) is 3.53. The lowest BCUT2D eigenvalue weighted by Crippen LogP contribution is -2.42. The highest BCUT2D eigenvalue weighted by atomic mass is 16.6. The number of aliphatic hydroxyl groups is 2. The Balaban J connectivity index is 2.38. The van der Waals surface area contributed by atoms with E-state index in [0.29, 0.717) is 20.6 Å². The molecule has 0 bridgehead atoms. The summed E-state index contributed by atoms with van der Waals surface area (Å²) in [6.45, 7) is 6.44. The summed E-state index contributed by atoms with van der Waals surface area (Å²) in [4.78, 5) is 0. The third-order valence-electron chi connectivity index (χ3n) is 3.53. The normalized spacial score (nSPS) is 31.3. The van der Waals surface area contributed by atoms with Gasteiger partial charge in [-0.2, -0.15) is 0 Å². The Morgan fingerprint density at radius 3 is 2.62 bits per heavy atom. The van der Waals surface area contributed by atoms with E-state index in [0.717, 1.165) is 0 Å². The van der Waals surface area contributed by atoms with Crippen LogP contribution in [-0.2, 0) is 18.9 Å². The van der Waals surface area contributed by atoms with Crippen molar-refractivity contribution in [1.82, 2.24) is 0 Å². The van der Waals surface area contributed by atoms with Crippen molar-refractivity contribution in [3.63, 3.8) is 0 Å². The maximum Gasteiger partial charge on any atom is 0.230 e. The molecule has 9 heteroatoms. The second-order valence-electron chi connectivity index (χ2n) is 6.17. The van der Waals surface area contributed by atoms with Gasteiger partial charge >= 0.3 is 0 Å². The molecule has 21 heavy (non-hydrogen) atoms. The Bertz CT molecular complexity index is 307. The summed E-state index contributed by atoms with van der Waals surface area (Å²) < 4.78 is 22.4. The number of hydrogen-bond acceptors (Lipinski definition) is 6. The summed E-state index contributed by atoms with van der Waals surface area (Å²) in [6.07, 6.45) is -1.81. The molecule has 2 N–H and O–H groups in total. The van der Waals surface area contributed by atoms with E-state index in [-0.39, 0.29) is 18.7 Å². The maximum absolute atomic E-state index is 10.0. The van der Waals surface area contributed by atoms with Crippen LogP contribution in [0.1, 0.15) is 20.8 Å². The fourth-order valence-electron chi connectivity index (χ4n) is 2.32. The molecular weight excluding hydrogens is 273 g/mol. The zero-order chi connectivity index (χ0) is 16.0. The van der Waals surface area contributed by atoms with Crippen LogP contribution in [0, 0.1) is 0 Å². The highest BCUT2D eigenvalue weighted by molar-refractivity contribution is 6.85. The van der Waals surface area contributed by atoms with Crippen LogP contribution in [0.2, 0.25) is 0 Å². The van der Waals surface area contributed by atoms with Crippen molar-refractivity contribution < 1.29 is 29.1 Å². The smallest absolute Gasteiger partial charge is 0.230 e. The minimum Gasteiger partial charge on any atom is -0.445 e. The van der Waals surface area contributed by atoms with Gasteiger partial charge in [0.25, 0.3) is 0 Å². The largest absolute Gasteiger partial charge is 0.445 e. The lowest BCUT2D eigenvalue weighted by atomic mass is 9.72. The standard InChI is InChI=1S/C12H27B3O6/c1-7(21-15-14)5-19-12(2,3)6-18-10-9(17)8(4-16)20-11(10)13/h7-11,15-17H,4-6,13-14H2,1-3H3. The molecule has 0 aromatic carbocycles. The molecule has 1 saturated heterocycles. The predicted molar refractivity (Wildman–Crippen MR) is 86.3 cm³/mol. The van der Waals surface area contributed by atoms with Crippen LogP contribution >= 0.6 is 0 Å². The molecule has 0 saturated carbocycles. The fourth-order valence-corrected chi connectivity index (χ4v) is 2.32. The molecule has 0 aromatic heterocycles. The van der Waals surface area contributed by atoms with Gasteiger partial charge in [0.05, 0.1) is 37.5 Å². The summed E-state index contributed by atoms with van der Waals surface area (Å²) in [5.41, 5.74) is -0.484. The van der Waals surface area contributed by atoms with Crippen molar-refractivity contribution in [3.8, 4) is 0 Å². The van der Waals surface area contributed by atoms with E-state index in [9.17, 15) is 5.11 Å². The fraction of sp³-hybridized carbons (Fsp3) is 1.00. The molecule has 1 aliphatic heterocycles. The monoisotopic (exact) mass is 300 g/mol. The zero-order valence-corrected chi connectivity index (χ0v) is 13.7. The summed E-state index contributed by atoms with van der Waals surface area (Å²) in [5.74, 6) is 0. The summed E-state index contributed by atoms with van der Waals surface area (Å²) >= 11 is 0. The number of aliphatic hydroxyl groups excluding tert-OH is 2. The SMILES string of the molecule is BBOC(C)COC(C)(C)COC1C(B)OC(CO)C1O. The van der Waals surface area contributed by atoms with E-state index in [1.807, 2.05) is 36.4 Å². The Morgan fingerprint density at radius 1 is 1.43 bits per heavy atom. The first-order chi connectivity index (χ1) is 9.80. The van der Waals surface area contributed by atoms with Crippen LogP contribution in [0.25, 0.3) is 0 Å². The molecule has 1 rings (SSSR count). The molecule has 0 amide bonds. The van der Waals surface area contributed by atoms with Crippen molar-refractivity contribution in [2.24, 2.45) is 0 Å². The van der Waals surface area contributed by atoms with Crippen LogP contribution in [0.5, 0.6) is 0 Å². The lowest BCUT2D eigenvalue weighted by Gasteiger charge is -2.30. The van der Waals surface area contributed by atoms with E-state index < -0.39 is 23.9 Å². The second-order valence-corrected chi connectivity index (χ2v) is 6.17. The summed E-state index contributed by atoms with van der Waals surface area (Å²) in [6, 6.07) is -0.254. The molecule has 5 atom stereocenters. The van der Waals surface area contributed by atoms with Gasteiger partial charge in [-0.05, 0) is 20.8 Å².